The van der Waals surface area contributed by atoms with Gasteiger partial charge in [0, 0.05) is 25.5 Å². The van der Waals surface area contributed by atoms with Gasteiger partial charge in [0.1, 0.15) is 12.4 Å². The average Bonchev–Trinajstić information content (AvgIpc) is 2.81. The lowest BCUT2D eigenvalue weighted by atomic mass is 10.2. The molecule has 0 atom stereocenters. The third kappa shape index (κ3) is 4.69. The van der Waals surface area contributed by atoms with Gasteiger partial charge in [-0.1, -0.05) is 24.3 Å². The van der Waals surface area contributed by atoms with E-state index in [9.17, 15) is 18.8 Å². The van der Waals surface area contributed by atoms with Crippen molar-refractivity contribution in [1.82, 2.24) is 9.13 Å². The zero-order valence-electron chi connectivity index (χ0n) is 18.3. The second-order valence-electron chi connectivity index (χ2n) is 7.89. The number of amides is 1. The molecule has 0 fully saturated rings. The molecule has 0 aliphatic carbocycles. The fraction of sp³-hybridized carbons (Fsp3) is 0.160. The molecule has 0 aliphatic heterocycles. The number of hydrogen-bond acceptors (Lipinski definition) is 4. The van der Waals surface area contributed by atoms with Gasteiger partial charge in [0.25, 0.3) is 5.56 Å². The Morgan fingerprint density at radius 3 is 2.24 bits per heavy atom. The van der Waals surface area contributed by atoms with Crippen molar-refractivity contribution >= 4 is 28.2 Å². The standard InChI is InChI=1S/C25H23FN4O3/c1-28(2)20-13-11-19(12-14-20)27-23(31)16-29-22-6-4-3-5-21(22)24(32)30(25(29)33)15-17-7-9-18(26)10-8-17/h3-14H,15-16H2,1-2H3,(H,27,31). The van der Waals surface area contributed by atoms with E-state index in [4.69, 9.17) is 0 Å². The van der Waals surface area contributed by atoms with Gasteiger partial charge in [-0.2, -0.15) is 0 Å². The van der Waals surface area contributed by atoms with Gasteiger partial charge in [-0.3, -0.25) is 18.7 Å². The molecule has 0 saturated carbocycles. The van der Waals surface area contributed by atoms with Crippen LogP contribution in [0.3, 0.4) is 0 Å². The summed E-state index contributed by atoms with van der Waals surface area (Å²) in [6.45, 7) is -0.297. The molecule has 1 amide bonds. The molecule has 4 rings (SSSR count). The van der Waals surface area contributed by atoms with Crippen LogP contribution in [0.2, 0.25) is 0 Å². The van der Waals surface area contributed by atoms with Crippen LogP contribution in [0.1, 0.15) is 5.56 Å². The largest absolute Gasteiger partial charge is 0.378 e. The molecule has 0 spiro atoms. The van der Waals surface area contributed by atoms with Crippen molar-refractivity contribution in [2.75, 3.05) is 24.3 Å². The molecule has 1 aromatic heterocycles. The lowest BCUT2D eigenvalue weighted by Gasteiger charge is -2.15. The third-order valence-electron chi connectivity index (χ3n) is 5.36. The van der Waals surface area contributed by atoms with Gasteiger partial charge in [0.05, 0.1) is 17.4 Å². The third-order valence-corrected chi connectivity index (χ3v) is 5.36. The maximum Gasteiger partial charge on any atom is 0.332 e. The minimum absolute atomic E-state index is 0.0314. The van der Waals surface area contributed by atoms with Crippen molar-refractivity contribution in [3.63, 3.8) is 0 Å². The van der Waals surface area contributed by atoms with E-state index in [1.807, 2.05) is 31.1 Å². The monoisotopic (exact) mass is 446 g/mol. The maximum absolute atomic E-state index is 13.3. The van der Waals surface area contributed by atoms with Gasteiger partial charge in [0.2, 0.25) is 5.91 Å². The van der Waals surface area contributed by atoms with Crippen molar-refractivity contribution in [3.8, 4) is 0 Å². The minimum Gasteiger partial charge on any atom is -0.378 e. The first-order valence-corrected chi connectivity index (χ1v) is 10.4. The molecule has 0 radical (unpaired) electrons. The summed E-state index contributed by atoms with van der Waals surface area (Å²) in [4.78, 5) is 41.0. The molecule has 8 heteroatoms. The first-order chi connectivity index (χ1) is 15.8. The Morgan fingerprint density at radius 1 is 0.909 bits per heavy atom. The van der Waals surface area contributed by atoms with Crippen LogP contribution < -0.4 is 21.5 Å². The summed E-state index contributed by atoms with van der Waals surface area (Å²) in [6.07, 6.45) is 0. The Labute approximate surface area is 189 Å². The summed E-state index contributed by atoms with van der Waals surface area (Å²) in [5.74, 6) is -0.802. The summed E-state index contributed by atoms with van der Waals surface area (Å²) in [5.41, 5.74) is 1.49. The molecular weight excluding hydrogens is 423 g/mol. The van der Waals surface area contributed by atoms with E-state index in [0.29, 0.717) is 22.2 Å². The van der Waals surface area contributed by atoms with E-state index in [2.05, 4.69) is 5.32 Å². The fourth-order valence-corrected chi connectivity index (χ4v) is 3.62. The Kier molecular flexibility index (Phi) is 6.08. The highest BCUT2D eigenvalue weighted by Crippen LogP contribution is 2.16. The predicted octanol–water partition coefficient (Wildman–Crippen LogP) is 3.06. The van der Waals surface area contributed by atoms with E-state index < -0.39 is 23.0 Å². The number of nitrogens with zero attached hydrogens (tertiary/aromatic N) is 3. The highest BCUT2D eigenvalue weighted by Gasteiger charge is 2.16. The molecule has 0 saturated heterocycles. The lowest BCUT2D eigenvalue weighted by Crippen LogP contribution is -2.42. The van der Waals surface area contributed by atoms with Crippen molar-refractivity contribution in [3.05, 3.63) is 105 Å². The number of carbonyl (C=O) groups excluding carboxylic acids is 1. The Hall–Kier alpha value is -4.20. The van der Waals surface area contributed by atoms with Gasteiger partial charge >= 0.3 is 5.69 Å². The first kappa shape index (κ1) is 22.0. The van der Waals surface area contributed by atoms with Gasteiger partial charge in [-0.25, -0.2) is 9.18 Å². The van der Waals surface area contributed by atoms with Gasteiger partial charge in [-0.15, -0.1) is 0 Å². The van der Waals surface area contributed by atoms with Crippen LogP contribution in [-0.4, -0.2) is 29.1 Å². The second-order valence-corrected chi connectivity index (χ2v) is 7.89. The van der Waals surface area contributed by atoms with Crippen LogP contribution in [0, 0.1) is 5.82 Å². The number of aromatic nitrogens is 2. The molecule has 7 nitrogen and oxygen atoms in total. The lowest BCUT2D eigenvalue weighted by molar-refractivity contribution is -0.116. The number of para-hydroxylation sites is 1. The molecule has 3 aromatic carbocycles. The van der Waals surface area contributed by atoms with Gasteiger partial charge < -0.3 is 10.2 Å². The van der Waals surface area contributed by atoms with Crippen LogP contribution in [0.25, 0.3) is 10.9 Å². The second kappa shape index (κ2) is 9.12. The average molecular weight is 446 g/mol. The smallest absolute Gasteiger partial charge is 0.332 e. The Morgan fingerprint density at radius 2 is 1.58 bits per heavy atom. The van der Waals surface area contributed by atoms with Gasteiger partial charge in [-0.05, 0) is 54.1 Å². The van der Waals surface area contributed by atoms with Crippen molar-refractivity contribution < 1.29 is 9.18 Å². The molecule has 0 bridgehead atoms. The number of carbonyl (C=O) groups is 1. The quantitative estimate of drug-likeness (QED) is 0.494. The zero-order valence-corrected chi connectivity index (χ0v) is 18.3. The summed E-state index contributed by atoms with van der Waals surface area (Å²) in [7, 11) is 3.85. The SMILES string of the molecule is CN(C)c1ccc(NC(=O)Cn2c(=O)n(Cc3ccc(F)cc3)c(=O)c3ccccc32)cc1. The molecule has 168 valence electrons. The van der Waals surface area contributed by atoms with Crippen LogP contribution in [0.15, 0.2) is 82.4 Å². The maximum atomic E-state index is 13.3. The van der Waals surface area contributed by atoms with Crippen LogP contribution in [0.4, 0.5) is 15.8 Å². The van der Waals surface area contributed by atoms with E-state index in [1.165, 1.54) is 28.8 Å². The number of fused-ring (bicyclic) bond motifs is 1. The van der Waals surface area contributed by atoms with Crippen LogP contribution >= 0.6 is 0 Å². The highest BCUT2D eigenvalue weighted by atomic mass is 19.1. The summed E-state index contributed by atoms with van der Waals surface area (Å²) < 4.78 is 15.6. The summed E-state index contributed by atoms with van der Waals surface area (Å²) in [6, 6.07) is 19.6. The number of hydrogen-bond donors (Lipinski definition) is 1. The molecular formula is C25H23FN4O3. The predicted molar refractivity (Wildman–Crippen MR) is 127 cm³/mol. The summed E-state index contributed by atoms with van der Waals surface area (Å²) >= 11 is 0. The normalized spacial score (nSPS) is 10.9. The number of nitrogens with one attached hydrogen (secondary N) is 1. The molecule has 1 N–H and O–H groups in total. The van der Waals surface area contributed by atoms with Crippen molar-refractivity contribution in [2.24, 2.45) is 0 Å². The fourth-order valence-electron chi connectivity index (χ4n) is 3.62. The highest BCUT2D eigenvalue weighted by molar-refractivity contribution is 5.91. The Bertz CT molecular complexity index is 1420. The van der Waals surface area contributed by atoms with Gasteiger partial charge in [0.15, 0.2) is 0 Å². The van der Waals surface area contributed by atoms with E-state index in [1.54, 1.807) is 36.4 Å². The molecule has 1 heterocycles. The minimum atomic E-state index is -0.610. The Balaban J connectivity index is 1.69. The zero-order chi connectivity index (χ0) is 23.5. The first-order valence-electron chi connectivity index (χ1n) is 10.4. The number of anilines is 2. The van der Waals surface area contributed by atoms with E-state index in [-0.39, 0.29) is 13.1 Å². The van der Waals surface area contributed by atoms with Crippen molar-refractivity contribution in [2.45, 2.75) is 13.1 Å². The van der Waals surface area contributed by atoms with Crippen molar-refractivity contribution in [1.29, 1.82) is 0 Å². The molecule has 33 heavy (non-hydrogen) atoms. The number of benzene rings is 3. The number of rotatable bonds is 6. The molecule has 0 aliphatic rings. The topological polar surface area (TPSA) is 76.3 Å². The summed E-state index contributed by atoms with van der Waals surface area (Å²) in [5, 5.41) is 3.11. The number of halogens is 1. The van der Waals surface area contributed by atoms with E-state index in [0.717, 1.165) is 10.3 Å². The van der Waals surface area contributed by atoms with E-state index >= 15 is 0 Å². The van der Waals surface area contributed by atoms with Crippen LogP contribution in [0.5, 0.6) is 0 Å². The molecule has 0 unspecified atom stereocenters. The van der Waals surface area contributed by atoms with Crippen LogP contribution in [-0.2, 0) is 17.9 Å². The molecule has 4 aromatic rings.